The van der Waals surface area contributed by atoms with Crippen LogP contribution in [0.4, 0.5) is 10.1 Å². The molecule has 0 radical (unpaired) electrons. The summed E-state index contributed by atoms with van der Waals surface area (Å²) < 4.78 is 13.3. The van der Waals surface area contributed by atoms with Crippen LogP contribution in [-0.2, 0) is 11.2 Å². The molecule has 3 nitrogen and oxygen atoms in total. The van der Waals surface area contributed by atoms with E-state index in [1.54, 1.807) is 11.0 Å². The zero-order valence-electron chi connectivity index (χ0n) is 11.2. The van der Waals surface area contributed by atoms with Gasteiger partial charge in [0.25, 0.3) is 0 Å². The van der Waals surface area contributed by atoms with Crippen LogP contribution >= 0.6 is 0 Å². The lowest BCUT2D eigenvalue weighted by atomic mass is 9.94. The van der Waals surface area contributed by atoms with Crippen molar-refractivity contribution in [3.8, 4) is 0 Å². The summed E-state index contributed by atoms with van der Waals surface area (Å²) >= 11 is 0. The molecule has 0 saturated carbocycles. The van der Waals surface area contributed by atoms with Gasteiger partial charge in [-0.15, -0.1) is 0 Å². The number of nitrogens with zero attached hydrogens (tertiary/aromatic N) is 1. The van der Waals surface area contributed by atoms with Crippen molar-refractivity contribution < 1.29 is 9.18 Å². The van der Waals surface area contributed by atoms with E-state index in [2.05, 4.69) is 12.2 Å². The molecule has 2 aliphatic rings. The number of anilines is 1. The van der Waals surface area contributed by atoms with Crippen LogP contribution in [0.15, 0.2) is 18.2 Å². The third kappa shape index (κ3) is 2.37. The second-order valence-electron chi connectivity index (χ2n) is 5.60. The summed E-state index contributed by atoms with van der Waals surface area (Å²) in [6, 6.07) is 5.24. The first-order chi connectivity index (χ1) is 9.15. The smallest absolute Gasteiger partial charge is 0.231 e. The number of hydrogen-bond donors (Lipinski definition) is 1. The van der Waals surface area contributed by atoms with Crippen LogP contribution in [0.5, 0.6) is 0 Å². The van der Waals surface area contributed by atoms with Crippen LogP contribution < -0.4 is 10.2 Å². The fourth-order valence-electron chi connectivity index (χ4n) is 3.01. The van der Waals surface area contributed by atoms with E-state index < -0.39 is 0 Å². The summed E-state index contributed by atoms with van der Waals surface area (Å²) in [6.45, 7) is 3.56. The first-order valence-electron chi connectivity index (χ1n) is 6.98. The number of rotatable bonds is 1. The summed E-state index contributed by atoms with van der Waals surface area (Å²) in [7, 11) is 0. The standard InChI is InChI=1S/C15H19FN2O/c1-10-2-3-12(9-17-10)15(19)18-7-6-11-4-5-13(16)8-14(11)18/h4-5,8,10,12,17H,2-3,6-7,9H2,1H3. The molecule has 2 heterocycles. The molecule has 19 heavy (non-hydrogen) atoms. The number of amides is 1. The van der Waals surface area contributed by atoms with Gasteiger partial charge in [0.2, 0.25) is 5.91 Å². The number of carbonyl (C=O) groups excluding carboxylic acids is 1. The lowest BCUT2D eigenvalue weighted by Crippen LogP contribution is -2.45. The molecule has 1 fully saturated rings. The van der Waals surface area contributed by atoms with Crippen LogP contribution in [0.25, 0.3) is 0 Å². The highest BCUT2D eigenvalue weighted by molar-refractivity contribution is 5.97. The highest BCUT2D eigenvalue weighted by Gasteiger charge is 2.32. The third-order valence-corrected chi connectivity index (χ3v) is 4.22. The normalized spacial score (nSPS) is 26.3. The third-order valence-electron chi connectivity index (χ3n) is 4.22. The van der Waals surface area contributed by atoms with Crippen molar-refractivity contribution in [3.63, 3.8) is 0 Å². The van der Waals surface area contributed by atoms with Crippen molar-refractivity contribution in [2.45, 2.75) is 32.2 Å². The summed E-state index contributed by atoms with van der Waals surface area (Å²) in [5, 5.41) is 3.35. The van der Waals surface area contributed by atoms with Crippen LogP contribution in [-0.4, -0.2) is 25.0 Å². The zero-order chi connectivity index (χ0) is 13.4. The lowest BCUT2D eigenvalue weighted by Gasteiger charge is -2.30. The fourth-order valence-corrected chi connectivity index (χ4v) is 3.01. The molecule has 2 atom stereocenters. The maximum atomic E-state index is 13.3. The molecule has 1 amide bonds. The molecule has 0 spiro atoms. The molecule has 102 valence electrons. The SMILES string of the molecule is CC1CCC(C(=O)N2CCc3ccc(F)cc32)CN1. The number of piperidine rings is 1. The molecular weight excluding hydrogens is 243 g/mol. The van der Waals surface area contributed by atoms with Crippen molar-refractivity contribution in [3.05, 3.63) is 29.6 Å². The van der Waals surface area contributed by atoms with E-state index in [9.17, 15) is 9.18 Å². The van der Waals surface area contributed by atoms with Crippen LogP contribution in [0, 0.1) is 11.7 Å². The van der Waals surface area contributed by atoms with Gasteiger partial charge in [0.05, 0.1) is 5.92 Å². The lowest BCUT2D eigenvalue weighted by molar-refractivity contribution is -0.122. The number of benzene rings is 1. The second-order valence-corrected chi connectivity index (χ2v) is 5.60. The van der Waals surface area contributed by atoms with Crippen LogP contribution in [0.2, 0.25) is 0 Å². The van der Waals surface area contributed by atoms with Gasteiger partial charge in [-0.2, -0.15) is 0 Å². The predicted octanol–water partition coefficient (Wildman–Crippen LogP) is 2.10. The number of nitrogens with one attached hydrogen (secondary N) is 1. The Kier molecular flexibility index (Phi) is 3.27. The van der Waals surface area contributed by atoms with Gasteiger partial charge in [0, 0.05) is 24.8 Å². The molecule has 1 aromatic carbocycles. The quantitative estimate of drug-likeness (QED) is 0.840. The van der Waals surface area contributed by atoms with Gasteiger partial charge in [-0.05, 0) is 43.9 Å². The Balaban J connectivity index is 1.78. The average Bonchev–Trinajstić information content (AvgIpc) is 2.81. The Morgan fingerprint density at radius 1 is 1.42 bits per heavy atom. The molecule has 2 unspecified atom stereocenters. The maximum Gasteiger partial charge on any atom is 0.231 e. The Bertz CT molecular complexity index is 495. The molecule has 2 aliphatic heterocycles. The number of hydrogen-bond acceptors (Lipinski definition) is 2. The Hall–Kier alpha value is -1.42. The molecular formula is C15H19FN2O. The minimum Gasteiger partial charge on any atom is -0.313 e. The van der Waals surface area contributed by atoms with Crippen LogP contribution in [0.1, 0.15) is 25.3 Å². The van der Waals surface area contributed by atoms with Crippen molar-refractivity contribution in [2.75, 3.05) is 18.0 Å². The molecule has 1 aromatic rings. The minimum absolute atomic E-state index is 0.0328. The van der Waals surface area contributed by atoms with E-state index in [1.807, 2.05) is 0 Å². The summed E-state index contributed by atoms with van der Waals surface area (Å²) in [6.07, 6.45) is 2.78. The van der Waals surface area contributed by atoms with Gasteiger partial charge in [0.1, 0.15) is 5.82 Å². The summed E-state index contributed by atoms with van der Waals surface area (Å²) in [4.78, 5) is 14.3. The van der Waals surface area contributed by atoms with Gasteiger partial charge in [-0.25, -0.2) is 4.39 Å². The van der Waals surface area contributed by atoms with Crippen molar-refractivity contribution in [2.24, 2.45) is 5.92 Å². The predicted molar refractivity (Wildman–Crippen MR) is 72.6 cm³/mol. The highest BCUT2D eigenvalue weighted by Crippen LogP contribution is 2.31. The monoisotopic (exact) mass is 262 g/mol. The second kappa shape index (κ2) is 4.93. The number of carbonyl (C=O) groups is 1. The van der Waals surface area contributed by atoms with E-state index in [-0.39, 0.29) is 17.6 Å². The van der Waals surface area contributed by atoms with E-state index in [0.29, 0.717) is 12.6 Å². The van der Waals surface area contributed by atoms with E-state index in [4.69, 9.17) is 0 Å². The molecule has 0 bridgehead atoms. The van der Waals surface area contributed by atoms with Crippen molar-refractivity contribution in [1.82, 2.24) is 5.32 Å². The van der Waals surface area contributed by atoms with Gasteiger partial charge < -0.3 is 10.2 Å². The first-order valence-corrected chi connectivity index (χ1v) is 6.98. The molecule has 1 N–H and O–H groups in total. The largest absolute Gasteiger partial charge is 0.313 e. The Labute approximate surface area is 112 Å². The Morgan fingerprint density at radius 2 is 2.26 bits per heavy atom. The van der Waals surface area contributed by atoms with E-state index in [1.165, 1.54) is 12.1 Å². The number of fused-ring (bicyclic) bond motifs is 1. The van der Waals surface area contributed by atoms with Gasteiger partial charge in [-0.1, -0.05) is 6.07 Å². The van der Waals surface area contributed by atoms with E-state index in [0.717, 1.165) is 37.1 Å². The molecule has 4 heteroatoms. The zero-order valence-corrected chi connectivity index (χ0v) is 11.2. The maximum absolute atomic E-state index is 13.3. The molecule has 1 saturated heterocycles. The highest BCUT2D eigenvalue weighted by atomic mass is 19.1. The first kappa shape index (κ1) is 12.6. The summed E-state index contributed by atoms with van der Waals surface area (Å²) in [5.74, 6) is -0.0944. The Morgan fingerprint density at radius 3 is 3.00 bits per heavy atom. The molecule has 0 aromatic heterocycles. The van der Waals surface area contributed by atoms with Crippen LogP contribution in [0.3, 0.4) is 0 Å². The fraction of sp³-hybridized carbons (Fsp3) is 0.533. The van der Waals surface area contributed by atoms with Gasteiger partial charge in [-0.3, -0.25) is 4.79 Å². The average molecular weight is 262 g/mol. The van der Waals surface area contributed by atoms with E-state index >= 15 is 0 Å². The van der Waals surface area contributed by atoms with Gasteiger partial charge >= 0.3 is 0 Å². The molecule has 3 rings (SSSR count). The summed E-state index contributed by atoms with van der Waals surface area (Å²) in [5.41, 5.74) is 1.84. The van der Waals surface area contributed by atoms with Gasteiger partial charge in [0.15, 0.2) is 0 Å². The molecule has 0 aliphatic carbocycles. The minimum atomic E-state index is -0.270. The van der Waals surface area contributed by atoms with Crippen molar-refractivity contribution in [1.29, 1.82) is 0 Å². The van der Waals surface area contributed by atoms with Crippen molar-refractivity contribution >= 4 is 11.6 Å². The number of halogens is 1. The topological polar surface area (TPSA) is 32.3 Å².